The molecule has 0 amide bonds. The minimum absolute atomic E-state index is 0.420. The lowest BCUT2D eigenvalue weighted by molar-refractivity contribution is 0.0479. The Morgan fingerprint density at radius 3 is 2.75 bits per heavy atom. The number of aryl methyl sites for hydroxylation is 1. The van der Waals surface area contributed by atoms with Crippen LogP contribution in [-0.2, 0) is 7.05 Å². The Kier molecular flexibility index (Phi) is 2.43. The van der Waals surface area contributed by atoms with Crippen LogP contribution in [-0.4, -0.2) is 25.9 Å². The van der Waals surface area contributed by atoms with Crippen LogP contribution < -0.4 is 0 Å². The van der Waals surface area contributed by atoms with Crippen LogP contribution in [0.3, 0.4) is 0 Å². The first-order valence-corrected chi connectivity index (χ1v) is 3.38. The van der Waals surface area contributed by atoms with E-state index in [0.29, 0.717) is 5.69 Å². The van der Waals surface area contributed by atoms with Gasteiger partial charge in [-0.1, -0.05) is 0 Å². The maximum absolute atomic E-state index is 9.33. The van der Waals surface area contributed by atoms with E-state index in [4.69, 9.17) is 10.4 Å². The van der Waals surface area contributed by atoms with Crippen molar-refractivity contribution in [3.8, 4) is 6.07 Å². The molecule has 2 unspecified atom stereocenters. The maximum atomic E-state index is 9.33. The molecule has 0 aromatic carbocycles. The lowest BCUT2D eigenvalue weighted by Crippen LogP contribution is -2.18. The van der Waals surface area contributed by atoms with Crippen molar-refractivity contribution >= 4 is 0 Å². The Morgan fingerprint density at radius 2 is 2.33 bits per heavy atom. The van der Waals surface area contributed by atoms with Gasteiger partial charge >= 0.3 is 0 Å². The second-order valence-electron chi connectivity index (χ2n) is 2.45. The first-order chi connectivity index (χ1) is 5.66. The molecule has 5 nitrogen and oxygen atoms in total. The van der Waals surface area contributed by atoms with Crippen molar-refractivity contribution in [2.45, 2.75) is 12.2 Å². The molecule has 0 spiro atoms. The number of imidazole rings is 1. The molecule has 0 aliphatic heterocycles. The Morgan fingerprint density at radius 1 is 1.67 bits per heavy atom. The topological polar surface area (TPSA) is 82.1 Å². The van der Waals surface area contributed by atoms with E-state index in [2.05, 4.69) is 4.98 Å². The molecule has 0 aliphatic rings. The summed E-state index contributed by atoms with van der Waals surface area (Å²) in [7, 11) is 1.68. The third kappa shape index (κ3) is 1.44. The predicted molar refractivity (Wildman–Crippen MR) is 39.8 cm³/mol. The van der Waals surface area contributed by atoms with E-state index >= 15 is 0 Å². The summed E-state index contributed by atoms with van der Waals surface area (Å²) in [6.07, 6.45) is 0.302. The minimum atomic E-state index is -1.40. The van der Waals surface area contributed by atoms with Gasteiger partial charge in [-0.2, -0.15) is 5.26 Å². The number of rotatable bonds is 2. The SMILES string of the molecule is Cn1cncc1C(O)C(O)C#N. The number of aliphatic hydroxyl groups is 2. The molecule has 12 heavy (non-hydrogen) atoms. The number of aliphatic hydroxyl groups excluding tert-OH is 2. The number of nitriles is 1. The number of hydrogen-bond acceptors (Lipinski definition) is 4. The Labute approximate surface area is 69.5 Å². The average Bonchev–Trinajstić information content (AvgIpc) is 2.48. The summed E-state index contributed by atoms with van der Waals surface area (Å²) in [5.74, 6) is 0. The Hall–Kier alpha value is -1.38. The highest BCUT2D eigenvalue weighted by molar-refractivity contribution is 5.07. The second-order valence-corrected chi connectivity index (χ2v) is 2.45. The highest BCUT2D eigenvalue weighted by Gasteiger charge is 2.19. The lowest BCUT2D eigenvalue weighted by atomic mass is 10.2. The van der Waals surface area contributed by atoms with E-state index in [0.717, 1.165) is 0 Å². The van der Waals surface area contributed by atoms with Gasteiger partial charge in [0.15, 0.2) is 6.10 Å². The van der Waals surface area contributed by atoms with Crippen molar-refractivity contribution in [1.82, 2.24) is 9.55 Å². The fourth-order valence-corrected chi connectivity index (χ4v) is 0.885. The van der Waals surface area contributed by atoms with Gasteiger partial charge in [0.25, 0.3) is 0 Å². The molecule has 1 aromatic heterocycles. The second kappa shape index (κ2) is 3.34. The monoisotopic (exact) mass is 167 g/mol. The average molecular weight is 167 g/mol. The van der Waals surface area contributed by atoms with Crippen LogP contribution in [0.15, 0.2) is 12.5 Å². The van der Waals surface area contributed by atoms with Crippen molar-refractivity contribution in [2.75, 3.05) is 0 Å². The summed E-state index contributed by atoms with van der Waals surface area (Å²) < 4.78 is 1.55. The molecule has 5 heteroatoms. The zero-order chi connectivity index (χ0) is 9.14. The summed E-state index contributed by atoms with van der Waals surface area (Å²) in [4.78, 5) is 3.74. The summed E-state index contributed by atoms with van der Waals surface area (Å²) in [5, 5.41) is 26.6. The van der Waals surface area contributed by atoms with Crippen LogP contribution in [0.2, 0.25) is 0 Å². The van der Waals surface area contributed by atoms with Gasteiger partial charge in [-0.3, -0.25) is 0 Å². The number of aromatic nitrogens is 2. The Bertz CT molecular complexity index is 302. The van der Waals surface area contributed by atoms with E-state index in [9.17, 15) is 5.11 Å². The quantitative estimate of drug-likeness (QED) is 0.573. The molecule has 1 rings (SSSR count). The molecular weight excluding hydrogens is 158 g/mol. The summed E-state index contributed by atoms with van der Waals surface area (Å²) in [6.45, 7) is 0. The predicted octanol–water partition coefficient (Wildman–Crippen LogP) is -0.662. The van der Waals surface area contributed by atoms with Crippen LogP contribution in [0, 0.1) is 11.3 Å². The largest absolute Gasteiger partial charge is 0.383 e. The van der Waals surface area contributed by atoms with E-state index in [1.54, 1.807) is 17.7 Å². The standard InChI is InChI=1S/C7H9N3O2/c1-10-4-9-3-5(10)7(12)6(11)2-8/h3-4,6-7,11-12H,1H3. The van der Waals surface area contributed by atoms with Gasteiger partial charge in [0.1, 0.15) is 6.10 Å². The van der Waals surface area contributed by atoms with Gasteiger partial charge in [0, 0.05) is 7.05 Å². The molecule has 2 N–H and O–H groups in total. The summed E-state index contributed by atoms with van der Waals surface area (Å²) in [5.41, 5.74) is 0.420. The fraction of sp³-hybridized carbons (Fsp3) is 0.429. The molecular formula is C7H9N3O2. The molecule has 0 saturated heterocycles. The molecule has 0 radical (unpaired) electrons. The third-order valence-electron chi connectivity index (χ3n) is 1.59. The van der Waals surface area contributed by atoms with Crippen molar-refractivity contribution in [2.24, 2.45) is 7.05 Å². The van der Waals surface area contributed by atoms with Gasteiger partial charge in [0.05, 0.1) is 24.3 Å². The summed E-state index contributed by atoms with van der Waals surface area (Å²) in [6, 6.07) is 1.54. The van der Waals surface area contributed by atoms with Gasteiger partial charge in [0.2, 0.25) is 0 Å². The normalized spacial score (nSPS) is 15.2. The molecule has 1 aromatic rings. The molecule has 0 saturated carbocycles. The van der Waals surface area contributed by atoms with Gasteiger partial charge in [-0.15, -0.1) is 0 Å². The van der Waals surface area contributed by atoms with Crippen LogP contribution in [0.4, 0.5) is 0 Å². The van der Waals surface area contributed by atoms with Crippen molar-refractivity contribution < 1.29 is 10.2 Å². The number of nitrogens with zero attached hydrogens (tertiary/aromatic N) is 3. The zero-order valence-corrected chi connectivity index (χ0v) is 6.55. The minimum Gasteiger partial charge on any atom is -0.383 e. The van der Waals surface area contributed by atoms with E-state index in [1.807, 2.05) is 0 Å². The first-order valence-electron chi connectivity index (χ1n) is 3.38. The van der Waals surface area contributed by atoms with Crippen LogP contribution in [0.5, 0.6) is 0 Å². The van der Waals surface area contributed by atoms with E-state index in [1.165, 1.54) is 12.5 Å². The number of hydrogen-bond donors (Lipinski definition) is 2. The summed E-state index contributed by atoms with van der Waals surface area (Å²) >= 11 is 0. The van der Waals surface area contributed by atoms with Crippen molar-refractivity contribution in [1.29, 1.82) is 5.26 Å². The lowest BCUT2D eigenvalue weighted by Gasteiger charge is -2.11. The van der Waals surface area contributed by atoms with E-state index in [-0.39, 0.29) is 0 Å². The van der Waals surface area contributed by atoms with Gasteiger partial charge < -0.3 is 14.8 Å². The fourth-order valence-electron chi connectivity index (χ4n) is 0.885. The third-order valence-corrected chi connectivity index (χ3v) is 1.59. The highest BCUT2D eigenvalue weighted by Crippen LogP contribution is 2.14. The van der Waals surface area contributed by atoms with Crippen molar-refractivity contribution in [3.05, 3.63) is 18.2 Å². The molecule has 64 valence electrons. The smallest absolute Gasteiger partial charge is 0.171 e. The van der Waals surface area contributed by atoms with Crippen LogP contribution >= 0.6 is 0 Å². The zero-order valence-electron chi connectivity index (χ0n) is 6.55. The molecule has 0 bridgehead atoms. The van der Waals surface area contributed by atoms with Crippen molar-refractivity contribution in [3.63, 3.8) is 0 Å². The van der Waals surface area contributed by atoms with E-state index < -0.39 is 12.2 Å². The maximum Gasteiger partial charge on any atom is 0.171 e. The molecule has 1 heterocycles. The van der Waals surface area contributed by atoms with Gasteiger partial charge in [-0.05, 0) is 0 Å². The van der Waals surface area contributed by atoms with Crippen LogP contribution in [0.25, 0.3) is 0 Å². The highest BCUT2D eigenvalue weighted by atomic mass is 16.3. The molecule has 0 fully saturated rings. The Balaban J connectivity index is 2.86. The first kappa shape index (κ1) is 8.71. The molecule has 0 aliphatic carbocycles. The van der Waals surface area contributed by atoms with Crippen LogP contribution in [0.1, 0.15) is 11.8 Å². The molecule has 2 atom stereocenters. The van der Waals surface area contributed by atoms with Gasteiger partial charge in [-0.25, -0.2) is 4.98 Å².